The fourth-order valence-electron chi connectivity index (χ4n) is 2.71. The highest BCUT2D eigenvalue weighted by Gasteiger charge is 2.29. The molecular weight excluding hydrogens is 367 g/mol. The van der Waals surface area contributed by atoms with Gasteiger partial charge in [-0.2, -0.15) is 13.2 Å². The standard InChI is InChI=1S/C21H26F3N3O/c1-3-27(4-2)15-18-7-5-16(6-8-18)13-25-20(28)26-14-17-9-11-19(12-10-17)21(22,23)24/h5-12H,3-4,13-15H2,1-2H3,(H2,25,26,28). The van der Waals surface area contributed by atoms with Crippen LogP contribution in [0, 0.1) is 0 Å². The number of rotatable bonds is 8. The monoisotopic (exact) mass is 393 g/mol. The number of nitrogens with one attached hydrogen (secondary N) is 2. The highest BCUT2D eigenvalue weighted by atomic mass is 19.4. The van der Waals surface area contributed by atoms with Crippen molar-refractivity contribution in [3.05, 3.63) is 70.8 Å². The summed E-state index contributed by atoms with van der Waals surface area (Å²) in [6.07, 6.45) is -4.36. The zero-order valence-corrected chi connectivity index (χ0v) is 16.1. The molecular formula is C21H26F3N3O. The van der Waals surface area contributed by atoms with Gasteiger partial charge in [-0.15, -0.1) is 0 Å². The highest BCUT2D eigenvalue weighted by molar-refractivity contribution is 5.73. The van der Waals surface area contributed by atoms with Crippen LogP contribution in [0.2, 0.25) is 0 Å². The molecule has 2 N–H and O–H groups in total. The van der Waals surface area contributed by atoms with Gasteiger partial charge < -0.3 is 10.6 Å². The molecule has 152 valence electrons. The Labute approximate surface area is 163 Å². The Bertz CT molecular complexity index is 739. The van der Waals surface area contributed by atoms with Crippen molar-refractivity contribution >= 4 is 6.03 Å². The first-order chi connectivity index (χ1) is 13.3. The predicted molar refractivity (Wildman–Crippen MR) is 104 cm³/mol. The van der Waals surface area contributed by atoms with Crippen LogP contribution in [-0.4, -0.2) is 24.0 Å². The first-order valence-electron chi connectivity index (χ1n) is 9.29. The molecule has 0 spiro atoms. The van der Waals surface area contributed by atoms with Crippen LogP contribution >= 0.6 is 0 Å². The lowest BCUT2D eigenvalue weighted by molar-refractivity contribution is -0.137. The molecule has 2 amide bonds. The molecule has 4 nitrogen and oxygen atoms in total. The summed E-state index contributed by atoms with van der Waals surface area (Å²) in [4.78, 5) is 14.2. The van der Waals surface area contributed by atoms with Gasteiger partial charge in [-0.3, -0.25) is 4.90 Å². The van der Waals surface area contributed by atoms with Crippen molar-refractivity contribution < 1.29 is 18.0 Å². The molecule has 0 bridgehead atoms. The van der Waals surface area contributed by atoms with E-state index in [0.717, 1.165) is 37.3 Å². The van der Waals surface area contributed by atoms with E-state index in [-0.39, 0.29) is 12.6 Å². The molecule has 0 heterocycles. The lowest BCUT2D eigenvalue weighted by atomic mass is 10.1. The van der Waals surface area contributed by atoms with Crippen LogP contribution in [0.4, 0.5) is 18.0 Å². The van der Waals surface area contributed by atoms with E-state index in [4.69, 9.17) is 0 Å². The number of amides is 2. The van der Waals surface area contributed by atoms with Gasteiger partial charge >= 0.3 is 12.2 Å². The van der Waals surface area contributed by atoms with E-state index in [2.05, 4.69) is 41.5 Å². The van der Waals surface area contributed by atoms with Gasteiger partial charge in [-0.25, -0.2) is 4.79 Å². The second kappa shape index (κ2) is 10.1. The number of carbonyl (C=O) groups excluding carboxylic acids is 1. The second-order valence-corrected chi connectivity index (χ2v) is 6.51. The molecule has 0 fully saturated rings. The quantitative estimate of drug-likeness (QED) is 0.691. The normalized spacial score (nSPS) is 11.5. The average Bonchev–Trinajstić information content (AvgIpc) is 2.69. The molecule has 0 aliphatic carbocycles. The number of halogens is 3. The zero-order valence-electron chi connectivity index (χ0n) is 16.1. The maximum Gasteiger partial charge on any atom is 0.416 e. The van der Waals surface area contributed by atoms with E-state index < -0.39 is 11.7 Å². The van der Waals surface area contributed by atoms with Gasteiger partial charge in [0.15, 0.2) is 0 Å². The van der Waals surface area contributed by atoms with Crippen LogP contribution in [0.25, 0.3) is 0 Å². The minimum atomic E-state index is -4.36. The summed E-state index contributed by atoms with van der Waals surface area (Å²) >= 11 is 0. The topological polar surface area (TPSA) is 44.4 Å². The lowest BCUT2D eigenvalue weighted by Crippen LogP contribution is -2.34. The Hall–Kier alpha value is -2.54. The summed E-state index contributed by atoms with van der Waals surface area (Å²) in [5.41, 5.74) is 2.10. The summed E-state index contributed by atoms with van der Waals surface area (Å²) in [6, 6.07) is 12.4. The average molecular weight is 393 g/mol. The number of benzene rings is 2. The van der Waals surface area contributed by atoms with Gasteiger partial charge in [0.25, 0.3) is 0 Å². The Morgan fingerprint density at radius 3 is 1.68 bits per heavy atom. The largest absolute Gasteiger partial charge is 0.416 e. The number of carbonyl (C=O) groups is 1. The molecule has 2 aromatic carbocycles. The highest BCUT2D eigenvalue weighted by Crippen LogP contribution is 2.29. The molecule has 0 saturated heterocycles. The molecule has 0 aliphatic heterocycles. The van der Waals surface area contributed by atoms with Crippen LogP contribution in [0.1, 0.15) is 36.1 Å². The van der Waals surface area contributed by atoms with E-state index >= 15 is 0 Å². The summed E-state index contributed by atoms with van der Waals surface area (Å²) in [7, 11) is 0. The van der Waals surface area contributed by atoms with E-state index in [1.807, 2.05) is 12.1 Å². The summed E-state index contributed by atoms with van der Waals surface area (Å²) < 4.78 is 37.6. The first kappa shape index (κ1) is 21.8. The van der Waals surface area contributed by atoms with Crippen LogP contribution in [0.15, 0.2) is 48.5 Å². The Kier molecular flexibility index (Phi) is 7.87. The third-order valence-corrected chi connectivity index (χ3v) is 4.51. The first-order valence-corrected chi connectivity index (χ1v) is 9.29. The molecule has 28 heavy (non-hydrogen) atoms. The van der Waals surface area contributed by atoms with E-state index in [0.29, 0.717) is 12.1 Å². The van der Waals surface area contributed by atoms with E-state index in [1.165, 1.54) is 17.7 Å². The number of alkyl halides is 3. The van der Waals surface area contributed by atoms with Gasteiger partial charge in [0.2, 0.25) is 0 Å². The van der Waals surface area contributed by atoms with Gasteiger partial charge in [-0.05, 0) is 41.9 Å². The SMILES string of the molecule is CCN(CC)Cc1ccc(CNC(=O)NCc2ccc(C(F)(F)F)cc2)cc1. The summed E-state index contributed by atoms with van der Waals surface area (Å²) in [5.74, 6) is 0. The molecule has 7 heteroatoms. The van der Waals surface area contributed by atoms with Crippen molar-refractivity contribution in [3.8, 4) is 0 Å². The smallest absolute Gasteiger partial charge is 0.334 e. The van der Waals surface area contributed by atoms with Gasteiger partial charge in [0.05, 0.1) is 5.56 Å². The molecule has 0 aromatic heterocycles. The third-order valence-electron chi connectivity index (χ3n) is 4.51. The fraction of sp³-hybridized carbons (Fsp3) is 0.381. The van der Waals surface area contributed by atoms with Crippen LogP contribution in [-0.2, 0) is 25.8 Å². The van der Waals surface area contributed by atoms with Crippen molar-refractivity contribution in [2.45, 2.75) is 39.7 Å². The fourth-order valence-corrected chi connectivity index (χ4v) is 2.71. The predicted octanol–water partition coefficient (Wildman–Crippen LogP) is 4.55. The van der Waals surface area contributed by atoms with Crippen molar-refractivity contribution in [1.29, 1.82) is 0 Å². The van der Waals surface area contributed by atoms with Crippen molar-refractivity contribution in [3.63, 3.8) is 0 Å². The van der Waals surface area contributed by atoms with Gasteiger partial charge in [0.1, 0.15) is 0 Å². The molecule has 0 unspecified atom stereocenters. The molecule has 2 rings (SSSR count). The molecule has 2 aromatic rings. The molecule has 0 atom stereocenters. The van der Waals surface area contributed by atoms with Crippen molar-refractivity contribution in [2.75, 3.05) is 13.1 Å². The lowest BCUT2D eigenvalue weighted by Gasteiger charge is -2.18. The van der Waals surface area contributed by atoms with Gasteiger partial charge in [0, 0.05) is 19.6 Å². The molecule has 0 radical (unpaired) electrons. The maximum absolute atomic E-state index is 12.5. The second-order valence-electron chi connectivity index (χ2n) is 6.51. The van der Waals surface area contributed by atoms with Crippen molar-refractivity contribution in [1.82, 2.24) is 15.5 Å². The van der Waals surface area contributed by atoms with Crippen LogP contribution < -0.4 is 10.6 Å². The molecule has 0 saturated carbocycles. The number of hydrogen-bond donors (Lipinski definition) is 2. The van der Waals surface area contributed by atoms with Crippen LogP contribution in [0.3, 0.4) is 0 Å². The Morgan fingerprint density at radius 1 is 0.821 bits per heavy atom. The zero-order chi connectivity index (χ0) is 20.6. The summed E-state index contributed by atoms with van der Waals surface area (Å²) in [6.45, 7) is 7.69. The number of urea groups is 1. The van der Waals surface area contributed by atoms with Crippen molar-refractivity contribution in [2.24, 2.45) is 0 Å². The third kappa shape index (κ3) is 6.88. The van der Waals surface area contributed by atoms with E-state index in [1.54, 1.807) is 0 Å². The Morgan fingerprint density at radius 2 is 1.25 bits per heavy atom. The number of hydrogen-bond acceptors (Lipinski definition) is 2. The minimum Gasteiger partial charge on any atom is -0.334 e. The Balaban J connectivity index is 1.76. The maximum atomic E-state index is 12.5. The van der Waals surface area contributed by atoms with Gasteiger partial charge in [-0.1, -0.05) is 50.2 Å². The number of nitrogens with zero attached hydrogens (tertiary/aromatic N) is 1. The van der Waals surface area contributed by atoms with E-state index in [9.17, 15) is 18.0 Å². The minimum absolute atomic E-state index is 0.160. The summed E-state index contributed by atoms with van der Waals surface area (Å²) in [5, 5.41) is 5.39. The molecule has 0 aliphatic rings. The van der Waals surface area contributed by atoms with Crippen LogP contribution in [0.5, 0.6) is 0 Å².